The third-order valence-electron chi connectivity index (χ3n) is 5.95. The highest BCUT2D eigenvalue weighted by molar-refractivity contribution is 5.82. The zero-order valence-electron chi connectivity index (χ0n) is 20.2. The number of hydrogen-bond acceptors (Lipinski definition) is 2. The smallest absolute Gasteiger partial charge is 0.307 e. The minimum Gasteiger partial charge on any atom is -0.481 e. The molecule has 0 heterocycles. The fourth-order valence-electron chi connectivity index (χ4n) is 3.87. The maximum atomic E-state index is 12.2. The Hall–Kier alpha value is -1.32. The topological polar surface area (TPSA) is 57.6 Å². The maximum Gasteiger partial charge on any atom is 0.307 e. The Kier molecular flexibility index (Phi) is 20.0. The first-order chi connectivity index (χ1) is 14.6. The molecule has 1 amide bonds. The molecule has 30 heavy (non-hydrogen) atoms. The van der Waals surface area contributed by atoms with Crippen LogP contribution >= 0.6 is 0 Å². The molecule has 0 rings (SSSR count). The summed E-state index contributed by atoms with van der Waals surface area (Å²) >= 11 is 0. The van der Waals surface area contributed by atoms with Crippen LogP contribution < -0.4 is 0 Å². The monoisotopic (exact) mass is 423 g/mol. The summed E-state index contributed by atoms with van der Waals surface area (Å²) in [5.74, 6) is -1.39. The molecule has 0 spiro atoms. The number of amides is 1. The van der Waals surface area contributed by atoms with Gasteiger partial charge in [-0.25, -0.2) is 0 Å². The van der Waals surface area contributed by atoms with Crippen LogP contribution in [0.2, 0.25) is 0 Å². The number of nitrogens with zero attached hydrogens (tertiary/aromatic N) is 1. The molecule has 4 nitrogen and oxygen atoms in total. The molecule has 0 bridgehead atoms. The normalized spacial score (nSPS) is 12.4. The van der Waals surface area contributed by atoms with E-state index in [-0.39, 0.29) is 12.3 Å². The van der Waals surface area contributed by atoms with Crippen LogP contribution in [0.1, 0.15) is 124 Å². The van der Waals surface area contributed by atoms with Gasteiger partial charge in [-0.05, 0) is 46.0 Å². The first-order valence-corrected chi connectivity index (χ1v) is 12.7. The van der Waals surface area contributed by atoms with E-state index < -0.39 is 11.9 Å². The minimum absolute atomic E-state index is 0.0289. The van der Waals surface area contributed by atoms with Crippen molar-refractivity contribution in [3.63, 3.8) is 0 Å². The molecule has 0 aliphatic rings. The molecule has 176 valence electrons. The molecule has 1 N–H and O–H groups in total. The third kappa shape index (κ3) is 16.5. The molecule has 0 aromatic rings. The number of rotatable bonds is 21. The summed E-state index contributed by atoms with van der Waals surface area (Å²) in [6.45, 7) is 7.42. The fraction of sp³-hybridized carbons (Fsp3) is 0.846. The molecule has 0 aliphatic heterocycles. The molecule has 1 unspecified atom stereocenters. The zero-order valence-corrected chi connectivity index (χ0v) is 20.2. The fourth-order valence-corrected chi connectivity index (χ4v) is 3.87. The molecule has 1 atom stereocenters. The first kappa shape index (κ1) is 28.7. The van der Waals surface area contributed by atoms with Gasteiger partial charge < -0.3 is 10.0 Å². The van der Waals surface area contributed by atoms with E-state index in [4.69, 9.17) is 0 Å². The van der Waals surface area contributed by atoms with Gasteiger partial charge in [-0.15, -0.1) is 0 Å². The quantitative estimate of drug-likeness (QED) is 0.155. The number of carboxylic acid groups (broad SMARTS) is 1. The van der Waals surface area contributed by atoms with Gasteiger partial charge in [0.05, 0.1) is 5.92 Å². The number of carbonyl (C=O) groups is 2. The van der Waals surface area contributed by atoms with E-state index in [0.29, 0.717) is 19.5 Å². The number of allylic oxidation sites excluding steroid dienone is 2. The Bertz CT molecular complexity index is 444. The van der Waals surface area contributed by atoms with E-state index in [9.17, 15) is 14.7 Å². The van der Waals surface area contributed by atoms with Crippen LogP contribution in [-0.4, -0.2) is 35.0 Å². The van der Waals surface area contributed by atoms with Crippen molar-refractivity contribution in [3.05, 3.63) is 12.2 Å². The number of aliphatic carboxylic acids is 1. The predicted molar refractivity (Wildman–Crippen MR) is 128 cm³/mol. The molecule has 0 radical (unpaired) electrons. The van der Waals surface area contributed by atoms with E-state index >= 15 is 0 Å². The summed E-state index contributed by atoms with van der Waals surface area (Å²) in [6, 6.07) is 0. The zero-order chi connectivity index (χ0) is 22.5. The first-order valence-electron chi connectivity index (χ1n) is 12.7. The Labute approximate surface area is 186 Å². The average molecular weight is 424 g/mol. The summed E-state index contributed by atoms with van der Waals surface area (Å²) in [7, 11) is 0. The van der Waals surface area contributed by atoms with Crippen molar-refractivity contribution in [1.82, 2.24) is 4.90 Å². The molecule has 0 aromatic heterocycles. The van der Waals surface area contributed by atoms with Gasteiger partial charge in [0.2, 0.25) is 5.91 Å². The van der Waals surface area contributed by atoms with Crippen molar-refractivity contribution in [2.24, 2.45) is 5.92 Å². The predicted octanol–water partition coefficient (Wildman–Crippen LogP) is 7.37. The van der Waals surface area contributed by atoms with Crippen LogP contribution in [0.15, 0.2) is 12.2 Å². The molecule has 0 saturated heterocycles. The van der Waals surface area contributed by atoms with E-state index in [1.807, 2.05) is 13.8 Å². The third-order valence-corrected chi connectivity index (χ3v) is 5.95. The van der Waals surface area contributed by atoms with Crippen LogP contribution in [0, 0.1) is 5.92 Å². The van der Waals surface area contributed by atoms with Crippen LogP contribution in [0.5, 0.6) is 0 Å². The highest BCUT2D eigenvalue weighted by Crippen LogP contribution is 2.17. The van der Waals surface area contributed by atoms with Crippen LogP contribution in [0.25, 0.3) is 0 Å². The Morgan fingerprint density at radius 1 is 0.733 bits per heavy atom. The Morgan fingerprint density at radius 3 is 1.67 bits per heavy atom. The second-order valence-corrected chi connectivity index (χ2v) is 8.53. The lowest BCUT2D eigenvalue weighted by molar-refractivity contribution is -0.146. The second kappa shape index (κ2) is 20.9. The highest BCUT2D eigenvalue weighted by atomic mass is 16.4. The summed E-state index contributed by atoms with van der Waals surface area (Å²) in [6.07, 6.45) is 22.9. The van der Waals surface area contributed by atoms with Crippen molar-refractivity contribution >= 4 is 11.9 Å². The van der Waals surface area contributed by atoms with Crippen molar-refractivity contribution < 1.29 is 14.7 Å². The molecule has 0 fully saturated rings. The van der Waals surface area contributed by atoms with Crippen molar-refractivity contribution in [3.8, 4) is 0 Å². The van der Waals surface area contributed by atoms with Gasteiger partial charge in [0.25, 0.3) is 0 Å². The molecule has 0 aliphatic carbocycles. The minimum atomic E-state index is -0.828. The van der Waals surface area contributed by atoms with Crippen LogP contribution in [0.4, 0.5) is 0 Å². The lowest BCUT2D eigenvalue weighted by Gasteiger charge is -2.21. The van der Waals surface area contributed by atoms with Gasteiger partial charge in [0, 0.05) is 19.5 Å². The molecular formula is C26H49NO3. The maximum absolute atomic E-state index is 12.2. The van der Waals surface area contributed by atoms with Gasteiger partial charge in [0.1, 0.15) is 0 Å². The summed E-state index contributed by atoms with van der Waals surface area (Å²) in [4.78, 5) is 25.3. The van der Waals surface area contributed by atoms with E-state index in [1.165, 1.54) is 77.0 Å². The number of carbonyl (C=O) groups excluding carboxylic acids is 1. The highest BCUT2D eigenvalue weighted by Gasteiger charge is 2.22. The summed E-state index contributed by atoms with van der Waals surface area (Å²) < 4.78 is 0. The van der Waals surface area contributed by atoms with Gasteiger partial charge >= 0.3 is 5.97 Å². The lowest BCUT2D eigenvalue weighted by atomic mass is 9.96. The van der Waals surface area contributed by atoms with Crippen LogP contribution in [0.3, 0.4) is 0 Å². The molecule has 0 saturated carbocycles. The summed E-state index contributed by atoms with van der Waals surface area (Å²) in [5.41, 5.74) is 0. The summed E-state index contributed by atoms with van der Waals surface area (Å²) in [5, 5.41) is 9.40. The standard InChI is InChI=1S/C26H49NO3/c1-4-7-8-9-10-11-12-13-14-15-16-17-18-19-20-21-22-24(26(29)30)23-25(28)27(5-2)6-3/h11-12,24H,4-10,13-23H2,1-3H3,(H,29,30)/b12-11+. The van der Waals surface area contributed by atoms with Gasteiger partial charge in [-0.3, -0.25) is 9.59 Å². The van der Waals surface area contributed by atoms with E-state index in [0.717, 1.165) is 12.8 Å². The lowest BCUT2D eigenvalue weighted by Crippen LogP contribution is -2.33. The molecular weight excluding hydrogens is 374 g/mol. The van der Waals surface area contributed by atoms with Crippen molar-refractivity contribution in [1.29, 1.82) is 0 Å². The van der Waals surface area contributed by atoms with Crippen LogP contribution in [-0.2, 0) is 9.59 Å². The number of hydrogen-bond donors (Lipinski definition) is 1. The second-order valence-electron chi connectivity index (χ2n) is 8.53. The molecule has 4 heteroatoms. The molecule has 0 aromatic carbocycles. The Balaban J connectivity index is 3.61. The number of carboxylic acids is 1. The SMILES string of the molecule is CCCCCC/C=C/CCCCCCCCCCC(CC(=O)N(CC)CC)C(=O)O. The van der Waals surface area contributed by atoms with Gasteiger partial charge in [-0.1, -0.05) is 83.3 Å². The number of unbranched alkanes of at least 4 members (excludes halogenated alkanes) is 12. The van der Waals surface area contributed by atoms with E-state index in [2.05, 4.69) is 19.1 Å². The van der Waals surface area contributed by atoms with Gasteiger partial charge in [0.15, 0.2) is 0 Å². The largest absolute Gasteiger partial charge is 0.481 e. The van der Waals surface area contributed by atoms with Crippen molar-refractivity contribution in [2.45, 2.75) is 124 Å². The van der Waals surface area contributed by atoms with E-state index in [1.54, 1.807) is 4.90 Å². The van der Waals surface area contributed by atoms with Crippen molar-refractivity contribution in [2.75, 3.05) is 13.1 Å². The average Bonchev–Trinajstić information content (AvgIpc) is 2.73. The van der Waals surface area contributed by atoms with Gasteiger partial charge in [-0.2, -0.15) is 0 Å². The Morgan fingerprint density at radius 2 is 1.20 bits per heavy atom.